The zero-order valence-corrected chi connectivity index (χ0v) is 11.1. The summed E-state index contributed by atoms with van der Waals surface area (Å²) < 4.78 is 0. The van der Waals surface area contributed by atoms with Crippen LogP contribution in [0.3, 0.4) is 0 Å². The van der Waals surface area contributed by atoms with Crippen molar-refractivity contribution in [2.24, 2.45) is 0 Å². The maximum Gasteiger partial charge on any atom is 0.317 e. The fourth-order valence-corrected chi connectivity index (χ4v) is 2.68. The van der Waals surface area contributed by atoms with Crippen LogP contribution in [-0.4, -0.2) is 35.5 Å². The highest BCUT2D eigenvalue weighted by atomic mass is 32.1. The number of nitrogens with zero attached hydrogens (tertiary/aromatic N) is 2. The van der Waals surface area contributed by atoms with Crippen molar-refractivity contribution in [3.05, 3.63) is 16.1 Å². The summed E-state index contributed by atoms with van der Waals surface area (Å²) in [5.74, 6) is 0. The van der Waals surface area contributed by atoms with E-state index in [9.17, 15) is 4.79 Å². The van der Waals surface area contributed by atoms with Gasteiger partial charge in [-0.15, -0.1) is 11.3 Å². The minimum Gasteiger partial charge on any atom is -0.338 e. The average Bonchev–Trinajstić information content (AvgIpc) is 2.76. The summed E-state index contributed by atoms with van der Waals surface area (Å²) in [6, 6.07) is 0.0802. The fourth-order valence-electron chi connectivity index (χ4n) is 2.03. The number of amides is 2. The Kier molecular flexibility index (Phi) is 4.36. The minimum absolute atomic E-state index is 0.0802. The Hall–Kier alpha value is -1.10. The second-order valence-corrected chi connectivity index (χ2v) is 5.45. The lowest BCUT2D eigenvalue weighted by atomic mass is 10.1. The first kappa shape index (κ1) is 12.4. The van der Waals surface area contributed by atoms with Gasteiger partial charge < -0.3 is 10.2 Å². The van der Waals surface area contributed by atoms with Gasteiger partial charge >= 0.3 is 6.03 Å². The molecule has 1 aromatic heterocycles. The van der Waals surface area contributed by atoms with Crippen LogP contribution in [0.15, 0.2) is 5.38 Å². The first-order chi connectivity index (χ1) is 8.25. The number of hydrogen-bond donors (Lipinski definition) is 1. The van der Waals surface area contributed by atoms with Gasteiger partial charge in [0, 0.05) is 31.4 Å². The molecule has 2 heterocycles. The predicted octanol–water partition coefficient (Wildman–Crippen LogP) is 2.19. The molecule has 17 heavy (non-hydrogen) atoms. The Balaban J connectivity index is 1.69. The number of urea groups is 1. The molecule has 1 saturated heterocycles. The number of hydrogen-bond acceptors (Lipinski definition) is 3. The van der Waals surface area contributed by atoms with Crippen molar-refractivity contribution in [1.82, 2.24) is 15.2 Å². The lowest BCUT2D eigenvalue weighted by Crippen LogP contribution is -2.43. The molecule has 1 N–H and O–H groups in total. The van der Waals surface area contributed by atoms with Gasteiger partial charge in [0.1, 0.15) is 0 Å². The first-order valence-electron chi connectivity index (χ1n) is 6.19. The molecular formula is C12H19N3OS. The highest BCUT2D eigenvalue weighted by Gasteiger charge is 2.15. The number of thiazole rings is 1. The van der Waals surface area contributed by atoms with Crippen molar-refractivity contribution in [1.29, 1.82) is 0 Å². The maximum absolute atomic E-state index is 11.8. The van der Waals surface area contributed by atoms with E-state index in [2.05, 4.69) is 15.7 Å². The summed E-state index contributed by atoms with van der Waals surface area (Å²) >= 11 is 1.66. The summed E-state index contributed by atoms with van der Waals surface area (Å²) in [6.07, 6.45) is 4.35. The Morgan fingerprint density at radius 2 is 2.24 bits per heavy atom. The molecule has 0 unspecified atom stereocenters. The Bertz CT molecular complexity index is 372. The van der Waals surface area contributed by atoms with E-state index in [-0.39, 0.29) is 6.03 Å². The van der Waals surface area contributed by atoms with Crippen LogP contribution in [0.1, 0.15) is 30.0 Å². The van der Waals surface area contributed by atoms with Gasteiger partial charge in [0.2, 0.25) is 0 Å². The highest BCUT2D eigenvalue weighted by Crippen LogP contribution is 2.09. The monoisotopic (exact) mass is 253 g/mol. The van der Waals surface area contributed by atoms with Crippen molar-refractivity contribution in [2.45, 2.75) is 32.6 Å². The van der Waals surface area contributed by atoms with Gasteiger partial charge in [0.05, 0.1) is 10.7 Å². The van der Waals surface area contributed by atoms with E-state index in [1.807, 2.05) is 11.8 Å². The number of piperidine rings is 1. The number of aromatic nitrogens is 1. The number of likely N-dealkylation sites (tertiary alicyclic amines) is 1. The number of carbonyl (C=O) groups is 1. The topological polar surface area (TPSA) is 45.2 Å². The standard InChI is InChI=1S/C12H19N3OS/c1-10-14-11(9-17-10)5-6-13-12(16)15-7-3-2-4-8-15/h9H,2-8H2,1H3,(H,13,16). The number of nitrogens with one attached hydrogen (secondary N) is 1. The Morgan fingerprint density at radius 1 is 1.47 bits per heavy atom. The SMILES string of the molecule is Cc1nc(CCNC(=O)N2CCCCC2)cs1. The molecule has 5 heteroatoms. The van der Waals surface area contributed by atoms with E-state index in [4.69, 9.17) is 0 Å². The average molecular weight is 253 g/mol. The number of rotatable bonds is 3. The fraction of sp³-hybridized carbons (Fsp3) is 0.667. The molecule has 1 aromatic rings. The normalized spacial score (nSPS) is 15.9. The molecule has 0 atom stereocenters. The van der Waals surface area contributed by atoms with E-state index in [1.165, 1.54) is 6.42 Å². The molecule has 94 valence electrons. The van der Waals surface area contributed by atoms with E-state index >= 15 is 0 Å². The molecule has 1 aliphatic heterocycles. The van der Waals surface area contributed by atoms with Crippen LogP contribution in [-0.2, 0) is 6.42 Å². The molecule has 1 fully saturated rings. The van der Waals surface area contributed by atoms with Gasteiger partial charge in [0.15, 0.2) is 0 Å². The summed E-state index contributed by atoms with van der Waals surface area (Å²) in [5.41, 5.74) is 1.08. The predicted molar refractivity (Wildman–Crippen MR) is 69.4 cm³/mol. The molecule has 0 aromatic carbocycles. The summed E-state index contributed by atoms with van der Waals surface area (Å²) in [6.45, 7) is 4.49. The van der Waals surface area contributed by atoms with Gasteiger partial charge in [-0.2, -0.15) is 0 Å². The third-order valence-corrected chi connectivity index (χ3v) is 3.79. The number of carbonyl (C=O) groups excluding carboxylic acids is 1. The Labute approximate surface area is 106 Å². The highest BCUT2D eigenvalue weighted by molar-refractivity contribution is 7.09. The lowest BCUT2D eigenvalue weighted by molar-refractivity contribution is 0.186. The quantitative estimate of drug-likeness (QED) is 0.897. The molecule has 1 aliphatic rings. The van der Waals surface area contributed by atoms with E-state index < -0.39 is 0 Å². The van der Waals surface area contributed by atoms with Gasteiger partial charge in [-0.25, -0.2) is 9.78 Å². The zero-order chi connectivity index (χ0) is 12.1. The number of aryl methyl sites for hydroxylation is 1. The molecule has 0 bridgehead atoms. The molecule has 0 saturated carbocycles. The minimum atomic E-state index is 0.0802. The zero-order valence-electron chi connectivity index (χ0n) is 10.2. The molecule has 2 rings (SSSR count). The second-order valence-electron chi connectivity index (χ2n) is 4.39. The maximum atomic E-state index is 11.8. The molecule has 2 amide bonds. The molecule has 0 spiro atoms. The van der Waals surface area contributed by atoms with E-state index in [1.54, 1.807) is 11.3 Å². The van der Waals surface area contributed by atoms with Crippen LogP contribution < -0.4 is 5.32 Å². The van der Waals surface area contributed by atoms with Crippen LogP contribution in [0, 0.1) is 6.92 Å². The van der Waals surface area contributed by atoms with Crippen molar-refractivity contribution in [2.75, 3.05) is 19.6 Å². The molecule has 4 nitrogen and oxygen atoms in total. The van der Waals surface area contributed by atoms with Gasteiger partial charge in [0.25, 0.3) is 0 Å². The summed E-state index contributed by atoms with van der Waals surface area (Å²) in [7, 11) is 0. The third kappa shape index (κ3) is 3.70. The molecule has 0 aliphatic carbocycles. The first-order valence-corrected chi connectivity index (χ1v) is 7.07. The lowest BCUT2D eigenvalue weighted by Gasteiger charge is -2.26. The molecule has 0 radical (unpaired) electrons. The van der Waals surface area contributed by atoms with Crippen molar-refractivity contribution >= 4 is 17.4 Å². The van der Waals surface area contributed by atoms with E-state index in [0.29, 0.717) is 6.54 Å². The smallest absolute Gasteiger partial charge is 0.317 e. The van der Waals surface area contributed by atoms with Gasteiger partial charge in [-0.3, -0.25) is 0 Å². The summed E-state index contributed by atoms with van der Waals surface area (Å²) in [5, 5.41) is 6.11. The third-order valence-electron chi connectivity index (χ3n) is 2.97. The Morgan fingerprint density at radius 3 is 2.88 bits per heavy atom. The second kappa shape index (κ2) is 6.00. The van der Waals surface area contributed by atoms with Gasteiger partial charge in [-0.05, 0) is 26.2 Å². The van der Waals surface area contributed by atoms with Crippen molar-refractivity contribution < 1.29 is 4.79 Å². The van der Waals surface area contributed by atoms with Crippen LogP contribution in [0.4, 0.5) is 4.79 Å². The van der Waals surface area contributed by atoms with E-state index in [0.717, 1.165) is 43.1 Å². The summed E-state index contributed by atoms with van der Waals surface area (Å²) in [4.78, 5) is 18.1. The van der Waals surface area contributed by atoms with Crippen LogP contribution >= 0.6 is 11.3 Å². The van der Waals surface area contributed by atoms with Crippen molar-refractivity contribution in [3.8, 4) is 0 Å². The largest absolute Gasteiger partial charge is 0.338 e. The van der Waals surface area contributed by atoms with Gasteiger partial charge in [-0.1, -0.05) is 0 Å². The van der Waals surface area contributed by atoms with Crippen LogP contribution in [0.2, 0.25) is 0 Å². The van der Waals surface area contributed by atoms with Crippen molar-refractivity contribution in [3.63, 3.8) is 0 Å². The van der Waals surface area contributed by atoms with Crippen LogP contribution in [0.5, 0.6) is 0 Å². The molecular weight excluding hydrogens is 234 g/mol. The van der Waals surface area contributed by atoms with Crippen LogP contribution in [0.25, 0.3) is 0 Å².